The van der Waals surface area contributed by atoms with Gasteiger partial charge in [0.25, 0.3) is 5.91 Å². The molecule has 0 fully saturated rings. The lowest BCUT2D eigenvalue weighted by atomic mass is 10.1. The van der Waals surface area contributed by atoms with Gasteiger partial charge in [0.15, 0.2) is 0 Å². The van der Waals surface area contributed by atoms with Crippen LogP contribution in [0.4, 0.5) is 0 Å². The van der Waals surface area contributed by atoms with Crippen molar-refractivity contribution < 1.29 is 4.79 Å². The van der Waals surface area contributed by atoms with Crippen LogP contribution in [0.2, 0.25) is 0 Å². The predicted octanol–water partition coefficient (Wildman–Crippen LogP) is 1.31. The third kappa shape index (κ3) is 2.60. The smallest absolute Gasteiger partial charge is 0.251 e. The van der Waals surface area contributed by atoms with Crippen molar-refractivity contribution in [2.24, 2.45) is 5.73 Å². The Morgan fingerprint density at radius 1 is 1.29 bits per heavy atom. The molecule has 0 aliphatic heterocycles. The summed E-state index contributed by atoms with van der Waals surface area (Å²) in [6.07, 6.45) is 2.51. The first kappa shape index (κ1) is 11.5. The lowest BCUT2D eigenvalue weighted by Crippen LogP contribution is -2.26. The second kappa shape index (κ2) is 5.41. The standard InChI is InChI=1S/C13H15N3O/c14-7-3-9-16-13(17)11-4-1-6-12-10(11)5-2-8-15-12/h1-2,4-6,8H,3,7,9,14H2,(H,16,17). The average Bonchev–Trinajstić information content (AvgIpc) is 2.38. The molecule has 2 rings (SSSR count). The molecular formula is C13H15N3O. The molecule has 2 aromatic rings. The van der Waals surface area contributed by atoms with Gasteiger partial charge in [-0.25, -0.2) is 0 Å². The summed E-state index contributed by atoms with van der Waals surface area (Å²) in [4.78, 5) is 16.2. The van der Waals surface area contributed by atoms with E-state index in [2.05, 4.69) is 10.3 Å². The summed E-state index contributed by atoms with van der Waals surface area (Å²) >= 11 is 0. The fourth-order valence-electron chi connectivity index (χ4n) is 1.70. The van der Waals surface area contributed by atoms with Crippen molar-refractivity contribution in [3.8, 4) is 0 Å². The normalized spacial score (nSPS) is 10.4. The van der Waals surface area contributed by atoms with Crippen molar-refractivity contribution in [2.75, 3.05) is 13.1 Å². The zero-order valence-corrected chi connectivity index (χ0v) is 9.52. The number of pyridine rings is 1. The molecule has 3 N–H and O–H groups in total. The molecule has 4 heteroatoms. The number of hydrogen-bond acceptors (Lipinski definition) is 3. The van der Waals surface area contributed by atoms with Crippen LogP contribution in [0.25, 0.3) is 10.9 Å². The highest BCUT2D eigenvalue weighted by atomic mass is 16.1. The molecule has 1 aromatic carbocycles. The van der Waals surface area contributed by atoms with Crippen LogP contribution in [0.15, 0.2) is 36.5 Å². The molecule has 0 saturated carbocycles. The van der Waals surface area contributed by atoms with Crippen LogP contribution in [0.1, 0.15) is 16.8 Å². The summed E-state index contributed by atoms with van der Waals surface area (Å²) in [5.41, 5.74) is 6.87. The molecule has 17 heavy (non-hydrogen) atoms. The van der Waals surface area contributed by atoms with Gasteiger partial charge in [-0.3, -0.25) is 9.78 Å². The van der Waals surface area contributed by atoms with E-state index in [4.69, 9.17) is 5.73 Å². The van der Waals surface area contributed by atoms with Crippen molar-refractivity contribution in [1.82, 2.24) is 10.3 Å². The van der Waals surface area contributed by atoms with Crippen LogP contribution >= 0.6 is 0 Å². The third-order valence-corrected chi connectivity index (χ3v) is 2.56. The predicted molar refractivity (Wildman–Crippen MR) is 67.7 cm³/mol. The van der Waals surface area contributed by atoms with E-state index in [0.717, 1.165) is 17.3 Å². The van der Waals surface area contributed by atoms with Gasteiger partial charge in [-0.15, -0.1) is 0 Å². The summed E-state index contributed by atoms with van der Waals surface area (Å²) in [6.45, 7) is 1.18. The number of aromatic nitrogens is 1. The summed E-state index contributed by atoms with van der Waals surface area (Å²) in [7, 11) is 0. The molecule has 0 radical (unpaired) electrons. The van der Waals surface area contributed by atoms with Crippen LogP contribution in [0, 0.1) is 0 Å². The average molecular weight is 229 g/mol. The van der Waals surface area contributed by atoms with Gasteiger partial charge in [-0.2, -0.15) is 0 Å². The Balaban J connectivity index is 2.26. The number of rotatable bonds is 4. The van der Waals surface area contributed by atoms with Crippen LogP contribution in [0.3, 0.4) is 0 Å². The van der Waals surface area contributed by atoms with Gasteiger partial charge in [-0.05, 0) is 31.2 Å². The molecule has 0 aliphatic carbocycles. The third-order valence-electron chi connectivity index (χ3n) is 2.56. The van der Waals surface area contributed by atoms with Crippen molar-refractivity contribution >= 4 is 16.8 Å². The van der Waals surface area contributed by atoms with Gasteiger partial charge in [0.1, 0.15) is 0 Å². The number of amides is 1. The van der Waals surface area contributed by atoms with Crippen LogP contribution in [-0.4, -0.2) is 24.0 Å². The number of nitrogens with two attached hydrogens (primary N) is 1. The van der Waals surface area contributed by atoms with Gasteiger partial charge in [0.2, 0.25) is 0 Å². The number of benzene rings is 1. The van der Waals surface area contributed by atoms with E-state index < -0.39 is 0 Å². The Bertz CT molecular complexity index is 520. The van der Waals surface area contributed by atoms with E-state index in [1.165, 1.54) is 0 Å². The molecule has 0 atom stereocenters. The van der Waals surface area contributed by atoms with Gasteiger partial charge in [0, 0.05) is 23.7 Å². The lowest BCUT2D eigenvalue weighted by Gasteiger charge is -2.06. The highest BCUT2D eigenvalue weighted by Crippen LogP contribution is 2.15. The number of fused-ring (bicyclic) bond motifs is 1. The Labute approximate surface area is 99.8 Å². The molecule has 0 saturated heterocycles. The Hall–Kier alpha value is -1.94. The Morgan fingerprint density at radius 2 is 2.18 bits per heavy atom. The molecule has 0 bridgehead atoms. The van der Waals surface area contributed by atoms with Crippen LogP contribution in [-0.2, 0) is 0 Å². The number of nitrogens with zero attached hydrogens (tertiary/aromatic N) is 1. The molecule has 0 unspecified atom stereocenters. The fourth-order valence-corrected chi connectivity index (χ4v) is 1.70. The number of hydrogen-bond donors (Lipinski definition) is 2. The quantitative estimate of drug-likeness (QED) is 0.777. The molecular weight excluding hydrogens is 214 g/mol. The summed E-state index contributed by atoms with van der Waals surface area (Å²) < 4.78 is 0. The highest BCUT2D eigenvalue weighted by molar-refractivity contribution is 6.06. The lowest BCUT2D eigenvalue weighted by molar-refractivity contribution is 0.0955. The minimum Gasteiger partial charge on any atom is -0.352 e. The fraction of sp³-hybridized carbons (Fsp3) is 0.231. The van der Waals surface area contributed by atoms with Crippen molar-refractivity contribution in [3.05, 3.63) is 42.1 Å². The second-order valence-corrected chi connectivity index (χ2v) is 3.77. The molecule has 1 aromatic heterocycles. The van der Waals surface area contributed by atoms with E-state index in [9.17, 15) is 4.79 Å². The summed E-state index contributed by atoms with van der Waals surface area (Å²) in [5.74, 6) is -0.0722. The zero-order chi connectivity index (χ0) is 12.1. The van der Waals surface area contributed by atoms with Crippen LogP contribution < -0.4 is 11.1 Å². The summed E-state index contributed by atoms with van der Waals surface area (Å²) in [6, 6.07) is 9.28. The first-order valence-electron chi connectivity index (χ1n) is 5.65. The number of carbonyl (C=O) groups is 1. The molecule has 88 valence electrons. The number of carbonyl (C=O) groups excluding carboxylic acids is 1. The van der Waals surface area contributed by atoms with Gasteiger partial charge in [0.05, 0.1) is 5.52 Å². The van der Waals surface area contributed by atoms with E-state index in [-0.39, 0.29) is 5.91 Å². The topological polar surface area (TPSA) is 68.0 Å². The van der Waals surface area contributed by atoms with Crippen molar-refractivity contribution in [1.29, 1.82) is 0 Å². The Kier molecular flexibility index (Phi) is 3.67. The van der Waals surface area contributed by atoms with Gasteiger partial charge in [-0.1, -0.05) is 12.1 Å². The monoisotopic (exact) mass is 229 g/mol. The molecule has 0 aliphatic rings. The van der Waals surface area contributed by atoms with Gasteiger partial charge < -0.3 is 11.1 Å². The molecule has 1 heterocycles. The first-order chi connectivity index (χ1) is 8.33. The zero-order valence-electron chi connectivity index (χ0n) is 9.52. The maximum absolute atomic E-state index is 12.0. The first-order valence-corrected chi connectivity index (χ1v) is 5.65. The number of nitrogens with one attached hydrogen (secondary N) is 1. The largest absolute Gasteiger partial charge is 0.352 e. The van der Waals surface area contributed by atoms with E-state index in [1.54, 1.807) is 6.20 Å². The molecule has 1 amide bonds. The minimum atomic E-state index is -0.0722. The van der Waals surface area contributed by atoms with Crippen molar-refractivity contribution in [3.63, 3.8) is 0 Å². The van der Waals surface area contributed by atoms with E-state index >= 15 is 0 Å². The van der Waals surface area contributed by atoms with E-state index in [0.29, 0.717) is 18.7 Å². The molecule has 4 nitrogen and oxygen atoms in total. The highest BCUT2D eigenvalue weighted by Gasteiger charge is 2.08. The second-order valence-electron chi connectivity index (χ2n) is 3.77. The van der Waals surface area contributed by atoms with Crippen molar-refractivity contribution in [2.45, 2.75) is 6.42 Å². The minimum absolute atomic E-state index is 0.0722. The maximum atomic E-state index is 12.0. The molecule has 0 spiro atoms. The summed E-state index contributed by atoms with van der Waals surface area (Å²) in [5, 5.41) is 3.72. The van der Waals surface area contributed by atoms with E-state index in [1.807, 2.05) is 30.3 Å². The van der Waals surface area contributed by atoms with Crippen LogP contribution in [0.5, 0.6) is 0 Å². The van der Waals surface area contributed by atoms with Gasteiger partial charge >= 0.3 is 0 Å². The Morgan fingerprint density at radius 3 is 3.00 bits per heavy atom. The SMILES string of the molecule is NCCCNC(=O)c1cccc2ncccc12. The maximum Gasteiger partial charge on any atom is 0.251 e.